The lowest BCUT2D eigenvalue weighted by molar-refractivity contribution is -0.144. The van der Waals surface area contributed by atoms with E-state index < -0.39 is 0 Å². The van der Waals surface area contributed by atoms with Crippen LogP contribution in [0.15, 0.2) is 57.5 Å². The Balaban J connectivity index is 1.56. The molecule has 0 radical (unpaired) electrons. The van der Waals surface area contributed by atoms with Crippen molar-refractivity contribution < 1.29 is 14.1 Å². The summed E-state index contributed by atoms with van der Waals surface area (Å²) in [5, 5.41) is 3.90. The van der Waals surface area contributed by atoms with Crippen LogP contribution < -0.4 is 0 Å². The molecule has 5 nitrogen and oxygen atoms in total. The minimum atomic E-state index is -0.331. The molecular formula is C18H15BrN2O3. The van der Waals surface area contributed by atoms with Crippen molar-refractivity contribution in [2.75, 3.05) is 0 Å². The van der Waals surface area contributed by atoms with Crippen LogP contribution in [-0.2, 0) is 22.6 Å². The fourth-order valence-electron chi connectivity index (χ4n) is 2.10. The largest absolute Gasteiger partial charge is 0.455 e. The van der Waals surface area contributed by atoms with Crippen molar-refractivity contribution in [1.82, 2.24) is 10.1 Å². The van der Waals surface area contributed by atoms with Crippen LogP contribution in [0.5, 0.6) is 0 Å². The summed E-state index contributed by atoms with van der Waals surface area (Å²) in [4.78, 5) is 16.1. The highest BCUT2D eigenvalue weighted by atomic mass is 79.9. The van der Waals surface area contributed by atoms with Crippen LogP contribution in [0.4, 0.5) is 0 Å². The van der Waals surface area contributed by atoms with E-state index in [2.05, 4.69) is 26.1 Å². The van der Waals surface area contributed by atoms with Crippen LogP contribution in [0.2, 0.25) is 0 Å². The summed E-state index contributed by atoms with van der Waals surface area (Å²) in [7, 11) is 0. The van der Waals surface area contributed by atoms with E-state index in [0.717, 1.165) is 21.2 Å². The number of aryl methyl sites for hydroxylation is 1. The molecule has 0 bridgehead atoms. The molecule has 1 heterocycles. The molecule has 3 rings (SSSR count). The molecule has 0 spiro atoms. The van der Waals surface area contributed by atoms with Crippen molar-refractivity contribution in [2.45, 2.75) is 20.0 Å². The van der Waals surface area contributed by atoms with E-state index in [1.54, 1.807) is 0 Å². The number of carbonyl (C=O) groups excluding carboxylic acids is 1. The van der Waals surface area contributed by atoms with Crippen LogP contribution in [0, 0.1) is 6.92 Å². The Morgan fingerprint density at radius 3 is 2.54 bits per heavy atom. The summed E-state index contributed by atoms with van der Waals surface area (Å²) in [5.74, 6) is 0.402. The van der Waals surface area contributed by atoms with Crippen molar-refractivity contribution in [3.05, 3.63) is 70.0 Å². The van der Waals surface area contributed by atoms with Crippen LogP contribution >= 0.6 is 15.9 Å². The first kappa shape index (κ1) is 16.4. The van der Waals surface area contributed by atoms with Crippen molar-refractivity contribution in [3.8, 4) is 11.4 Å². The minimum absolute atomic E-state index is 0.0335. The Morgan fingerprint density at radius 1 is 1.12 bits per heavy atom. The molecule has 0 atom stereocenters. The second-order valence-electron chi connectivity index (χ2n) is 5.34. The first-order chi connectivity index (χ1) is 11.6. The molecule has 24 heavy (non-hydrogen) atoms. The lowest BCUT2D eigenvalue weighted by Crippen LogP contribution is -2.08. The molecule has 122 valence electrons. The van der Waals surface area contributed by atoms with E-state index >= 15 is 0 Å². The zero-order valence-corrected chi connectivity index (χ0v) is 14.6. The van der Waals surface area contributed by atoms with Gasteiger partial charge in [0.2, 0.25) is 5.82 Å². The molecule has 0 aliphatic heterocycles. The Hall–Kier alpha value is -2.47. The number of ether oxygens (including phenoxy) is 1. The second-order valence-corrected chi connectivity index (χ2v) is 6.26. The van der Waals surface area contributed by atoms with Crippen LogP contribution in [-0.4, -0.2) is 16.1 Å². The summed E-state index contributed by atoms with van der Waals surface area (Å²) < 4.78 is 11.3. The molecule has 0 saturated carbocycles. The minimum Gasteiger partial charge on any atom is -0.455 e. The van der Waals surface area contributed by atoms with Crippen molar-refractivity contribution in [1.29, 1.82) is 0 Å². The van der Waals surface area contributed by atoms with E-state index in [0.29, 0.717) is 5.82 Å². The zero-order chi connectivity index (χ0) is 16.9. The number of benzene rings is 2. The summed E-state index contributed by atoms with van der Waals surface area (Å²) >= 11 is 3.37. The van der Waals surface area contributed by atoms with Gasteiger partial charge in [0.25, 0.3) is 5.89 Å². The maximum atomic E-state index is 11.9. The van der Waals surface area contributed by atoms with E-state index in [-0.39, 0.29) is 24.9 Å². The van der Waals surface area contributed by atoms with Gasteiger partial charge in [-0.3, -0.25) is 4.79 Å². The maximum absolute atomic E-state index is 11.9. The van der Waals surface area contributed by atoms with Gasteiger partial charge in [-0.2, -0.15) is 4.98 Å². The third-order valence-electron chi connectivity index (χ3n) is 3.40. The molecule has 2 aromatic carbocycles. The van der Waals surface area contributed by atoms with Gasteiger partial charge in [-0.25, -0.2) is 0 Å². The smallest absolute Gasteiger partial charge is 0.310 e. The topological polar surface area (TPSA) is 65.2 Å². The highest BCUT2D eigenvalue weighted by Gasteiger charge is 2.11. The molecule has 0 saturated heterocycles. The average molecular weight is 387 g/mol. The van der Waals surface area contributed by atoms with Gasteiger partial charge in [0.15, 0.2) is 6.61 Å². The fourth-order valence-corrected chi connectivity index (χ4v) is 2.36. The summed E-state index contributed by atoms with van der Waals surface area (Å²) in [6.45, 7) is 1.97. The Labute approximate surface area is 147 Å². The van der Waals surface area contributed by atoms with Gasteiger partial charge in [-0.1, -0.05) is 50.9 Å². The predicted molar refractivity (Wildman–Crippen MR) is 92.1 cm³/mol. The SMILES string of the molecule is Cc1ccc(CC(=O)OCc2nc(-c3ccc(Br)cc3)no2)cc1. The molecule has 0 fully saturated rings. The molecule has 3 aromatic rings. The number of aromatic nitrogens is 2. The third-order valence-corrected chi connectivity index (χ3v) is 3.92. The number of hydrogen-bond donors (Lipinski definition) is 0. The van der Waals surface area contributed by atoms with Gasteiger partial charge < -0.3 is 9.26 Å². The quantitative estimate of drug-likeness (QED) is 0.617. The molecular weight excluding hydrogens is 372 g/mol. The van der Waals surface area contributed by atoms with Crippen LogP contribution in [0.25, 0.3) is 11.4 Å². The van der Waals surface area contributed by atoms with Crippen molar-refractivity contribution in [2.24, 2.45) is 0 Å². The van der Waals surface area contributed by atoms with Crippen LogP contribution in [0.3, 0.4) is 0 Å². The van der Waals surface area contributed by atoms with E-state index in [4.69, 9.17) is 9.26 Å². The van der Waals surface area contributed by atoms with Gasteiger partial charge in [-0.15, -0.1) is 0 Å². The number of rotatable bonds is 5. The maximum Gasteiger partial charge on any atom is 0.310 e. The standard InChI is InChI=1S/C18H15BrN2O3/c1-12-2-4-13(5-3-12)10-17(22)23-11-16-20-18(21-24-16)14-6-8-15(19)9-7-14/h2-9H,10-11H2,1H3. The molecule has 0 aliphatic carbocycles. The lowest BCUT2D eigenvalue weighted by Gasteiger charge is -2.02. The van der Waals surface area contributed by atoms with Gasteiger partial charge in [0.1, 0.15) is 0 Å². The molecule has 0 amide bonds. The van der Waals surface area contributed by atoms with Gasteiger partial charge in [-0.05, 0) is 36.8 Å². The monoisotopic (exact) mass is 386 g/mol. The molecule has 0 unspecified atom stereocenters. The summed E-state index contributed by atoms with van der Waals surface area (Å²) in [5.41, 5.74) is 2.89. The van der Waals surface area contributed by atoms with E-state index in [1.165, 1.54) is 0 Å². The average Bonchev–Trinajstić information content (AvgIpc) is 3.05. The molecule has 0 N–H and O–H groups in total. The number of hydrogen-bond acceptors (Lipinski definition) is 5. The predicted octanol–water partition coefficient (Wildman–Crippen LogP) is 4.09. The second kappa shape index (κ2) is 7.40. The van der Waals surface area contributed by atoms with Gasteiger partial charge >= 0.3 is 5.97 Å². The number of esters is 1. The molecule has 6 heteroatoms. The van der Waals surface area contributed by atoms with E-state index in [9.17, 15) is 4.79 Å². The first-order valence-corrected chi connectivity index (χ1v) is 8.19. The Morgan fingerprint density at radius 2 is 1.83 bits per heavy atom. The van der Waals surface area contributed by atoms with Crippen molar-refractivity contribution >= 4 is 21.9 Å². The van der Waals surface area contributed by atoms with Crippen LogP contribution in [0.1, 0.15) is 17.0 Å². The van der Waals surface area contributed by atoms with Crippen molar-refractivity contribution in [3.63, 3.8) is 0 Å². The number of carbonyl (C=O) groups is 1. The van der Waals surface area contributed by atoms with Gasteiger partial charge in [0.05, 0.1) is 6.42 Å². The lowest BCUT2D eigenvalue weighted by atomic mass is 10.1. The molecule has 1 aromatic heterocycles. The highest BCUT2D eigenvalue weighted by Crippen LogP contribution is 2.19. The highest BCUT2D eigenvalue weighted by molar-refractivity contribution is 9.10. The number of nitrogens with zero attached hydrogens (tertiary/aromatic N) is 2. The van der Waals surface area contributed by atoms with Gasteiger partial charge in [0, 0.05) is 10.0 Å². The molecule has 0 aliphatic rings. The Kier molecular flexibility index (Phi) is 5.05. The zero-order valence-electron chi connectivity index (χ0n) is 13.0. The summed E-state index contributed by atoms with van der Waals surface area (Å²) in [6.07, 6.45) is 0.216. The third kappa shape index (κ3) is 4.29. The normalized spacial score (nSPS) is 10.6. The van der Waals surface area contributed by atoms with E-state index in [1.807, 2.05) is 55.5 Å². The Bertz CT molecular complexity index is 826. The fraction of sp³-hybridized carbons (Fsp3) is 0.167. The first-order valence-electron chi connectivity index (χ1n) is 7.40. The number of halogens is 1. The summed E-state index contributed by atoms with van der Waals surface area (Å²) in [6, 6.07) is 15.3.